The van der Waals surface area contributed by atoms with Gasteiger partial charge in [-0.25, -0.2) is 0 Å². The molecule has 1 aliphatic heterocycles. The third-order valence-electron chi connectivity index (χ3n) is 6.39. The van der Waals surface area contributed by atoms with Gasteiger partial charge in [-0.15, -0.1) is 0 Å². The average molecular weight is 295 g/mol. The maximum Gasteiger partial charge on any atom is 0.0808 e. The molecular formula is C18H33NO2. The molecule has 3 heteroatoms. The number of ether oxygens (including phenoxy) is 2. The van der Waals surface area contributed by atoms with Gasteiger partial charge in [0.25, 0.3) is 0 Å². The first kappa shape index (κ1) is 15.8. The molecule has 0 bridgehead atoms. The number of hydrogen-bond acceptors (Lipinski definition) is 3. The summed E-state index contributed by atoms with van der Waals surface area (Å²) in [5, 5.41) is 0. The van der Waals surface area contributed by atoms with E-state index >= 15 is 0 Å². The molecule has 21 heavy (non-hydrogen) atoms. The van der Waals surface area contributed by atoms with E-state index in [4.69, 9.17) is 15.2 Å². The minimum Gasteiger partial charge on any atom is -0.375 e. The van der Waals surface area contributed by atoms with Crippen LogP contribution in [0.25, 0.3) is 0 Å². The van der Waals surface area contributed by atoms with Crippen LogP contribution in [-0.2, 0) is 9.47 Å². The lowest BCUT2D eigenvalue weighted by Gasteiger charge is -2.50. The lowest BCUT2D eigenvalue weighted by molar-refractivity contribution is -0.203. The average Bonchev–Trinajstić information content (AvgIpc) is 2.46. The van der Waals surface area contributed by atoms with Crippen LogP contribution in [0.2, 0.25) is 0 Å². The summed E-state index contributed by atoms with van der Waals surface area (Å²) < 4.78 is 12.6. The minimum atomic E-state index is -0.0433. The highest BCUT2D eigenvalue weighted by Gasteiger charge is 2.45. The van der Waals surface area contributed by atoms with Gasteiger partial charge in [-0.05, 0) is 63.2 Å². The number of nitrogens with two attached hydrogens (primary N) is 1. The van der Waals surface area contributed by atoms with Crippen molar-refractivity contribution in [3.05, 3.63) is 0 Å². The predicted molar refractivity (Wildman–Crippen MR) is 85.2 cm³/mol. The number of hydrogen-bond donors (Lipinski definition) is 1. The summed E-state index contributed by atoms with van der Waals surface area (Å²) in [5.41, 5.74) is 6.27. The first-order valence-corrected chi connectivity index (χ1v) is 9.08. The van der Waals surface area contributed by atoms with Crippen molar-refractivity contribution in [1.82, 2.24) is 0 Å². The van der Waals surface area contributed by atoms with Crippen LogP contribution >= 0.6 is 0 Å². The SMILES string of the molecule is CC(C)C1CCC(CN)(OC2CCOC3(CCC3)C2)CC1. The van der Waals surface area contributed by atoms with Crippen molar-refractivity contribution in [2.24, 2.45) is 17.6 Å². The molecule has 3 rings (SSSR count). The Hall–Kier alpha value is -0.120. The summed E-state index contributed by atoms with van der Waals surface area (Å²) in [6.45, 7) is 6.25. The molecular weight excluding hydrogens is 262 g/mol. The summed E-state index contributed by atoms with van der Waals surface area (Å²) in [6, 6.07) is 0. The van der Waals surface area contributed by atoms with E-state index in [1.54, 1.807) is 0 Å². The Morgan fingerprint density at radius 3 is 2.38 bits per heavy atom. The molecule has 3 fully saturated rings. The fourth-order valence-corrected chi connectivity index (χ4v) is 4.56. The Bertz CT molecular complexity index is 343. The third-order valence-corrected chi connectivity index (χ3v) is 6.39. The molecule has 1 heterocycles. The lowest BCUT2D eigenvalue weighted by atomic mass is 9.73. The highest BCUT2D eigenvalue weighted by atomic mass is 16.5. The van der Waals surface area contributed by atoms with Crippen molar-refractivity contribution in [2.75, 3.05) is 13.2 Å². The molecule has 3 aliphatic rings. The van der Waals surface area contributed by atoms with E-state index in [0.29, 0.717) is 12.6 Å². The summed E-state index contributed by atoms with van der Waals surface area (Å²) in [6.07, 6.45) is 11.2. The van der Waals surface area contributed by atoms with Gasteiger partial charge in [0.2, 0.25) is 0 Å². The van der Waals surface area contributed by atoms with Crippen LogP contribution in [-0.4, -0.2) is 30.5 Å². The zero-order valence-corrected chi connectivity index (χ0v) is 13.9. The Morgan fingerprint density at radius 2 is 1.86 bits per heavy atom. The van der Waals surface area contributed by atoms with Gasteiger partial charge in [0.15, 0.2) is 0 Å². The molecule has 3 nitrogen and oxygen atoms in total. The molecule has 0 radical (unpaired) electrons. The van der Waals surface area contributed by atoms with Crippen molar-refractivity contribution in [3.8, 4) is 0 Å². The zero-order valence-electron chi connectivity index (χ0n) is 13.9. The maximum atomic E-state index is 6.62. The maximum absolute atomic E-state index is 6.62. The molecule has 2 saturated carbocycles. The highest BCUT2D eigenvalue weighted by molar-refractivity contribution is 4.97. The lowest BCUT2D eigenvalue weighted by Crippen LogP contribution is -2.52. The summed E-state index contributed by atoms with van der Waals surface area (Å²) in [4.78, 5) is 0. The Labute approximate surface area is 129 Å². The molecule has 1 saturated heterocycles. The van der Waals surface area contributed by atoms with Gasteiger partial charge >= 0.3 is 0 Å². The van der Waals surface area contributed by atoms with Gasteiger partial charge in [-0.3, -0.25) is 0 Å². The van der Waals surface area contributed by atoms with Crippen molar-refractivity contribution in [2.45, 2.75) is 88.9 Å². The summed E-state index contributed by atoms with van der Waals surface area (Å²) in [5.74, 6) is 1.66. The second kappa shape index (κ2) is 6.17. The standard InChI is InChI=1S/C18H33NO2/c1-14(2)15-4-9-18(13-19,10-5-15)21-16-6-11-20-17(12-16)7-3-8-17/h14-16H,3-13,19H2,1-2H3. The normalized spacial score (nSPS) is 39.4. The van der Waals surface area contributed by atoms with Crippen LogP contribution in [0.3, 0.4) is 0 Å². The van der Waals surface area contributed by atoms with Crippen LogP contribution in [0.4, 0.5) is 0 Å². The first-order chi connectivity index (χ1) is 10.1. The molecule has 2 aliphatic carbocycles. The van der Waals surface area contributed by atoms with Crippen molar-refractivity contribution in [3.63, 3.8) is 0 Å². The quantitative estimate of drug-likeness (QED) is 0.861. The molecule has 2 N–H and O–H groups in total. The Balaban J connectivity index is 1.57. The molecule has 0 aromatic rings. The molecule has 122 valence electrons. The summed E-state index contributed by atoms with van der Waals surface area (Å²) in [7, 11) is 0. The zero-order chi connectivity index (χ0) is 14.9. The van der Waals surface area contributed by atoms with Gasteiger partial charge in [0.1, 0.15) is 0 Å². The predicted octanol–water partition coefficient (Wildman–Crippen LogP) is 3.65. The van der Waals surface area contributed by atoms with Gasteiger partial charge in [-0.1, -0.05) is 13.8 Å². The fraction of sp³-hybridized carbons (Fsp3) is 1.00. The monoisotopic (exact) mass is 295 g/mol. The van der Waals surface area contributed by atoms with E-state index in [0.717, 1.165) is 44.1 Å². The van der Waals surface area contributed by atoms with E-state index in [-0.39, 0.29) is 11.2 Å². The second-order valence-corrected chi connectivity index (χ2v) is 8.09. The van der Waals surface area contributed by atoms with Crippen LogP contribution in [0.15, 0.2) is 0 Å². The van der Waals surface area contributed by atoms with Gasteiger partial charge in [0.05, 0.1) is 17.3 Å². The Morgan fingerprint density at radius 1 is 1.14 bits per heavy atom. The topological polar surface area (TPSA) is 44.5 Å². The molecule has 1 atom stereocenters. The fourth-order valence-electron chi connectivity index (χ4n) is 4.56. The first-order valence-electron chi connectivity index (χ1n) is 9.08. The van der Waals surface area contributed by atoms with Crippen molar-refractivity contribution in [1.29, 1.82) is 0 Å². The van der Waals surface area contributed by atoms with Gasteiger partial charge < -0.3 is 15.2 Å². The molecule has 0 aromatic carbocycles. The Kier molecular flexibility index (Phi) is 4.63. The van der Waals surface area contributed by atoms with E-state index in [1.807, 2.05) is 0 Å². The van der Waals surface area contributed by atoms with Crippen LogP contribution in [0.1, 0.15) is 71.6 Å². The largest absolute Gasteiger partial charge is 0.375 e. The van der Waals surface area contributed by atoms with Crippen LogP contribution in [0.5, 0.6) is 0 Å². The van der Waals surface area contributed by atoms with Gasteiger partial charge in [-0.2, -0.15) is 0 Å². The minimum absolute atomic E-state index is 0.0433. The summed E-state index contributed by atoms with van der Waals surface area (Å²) >= 11 is 0. The van der Waals surface area contributed by atoms with E-state index in [9.17, 15) is 0 Å². The van der Waals surface area contributed by atoms with E-state index in [1.165, 1.54) is 32.1 Å². The van der Waals surface area contributed by atoms with E-state index < -0.39 is 0 Å². The van der Waals surface area contributed by atoms with Crippen molar-refractivity contribution < 1.29 is 9.47 Å². The highest BCUT2D eigenvalue weighted by Crippen LogP contribution is 2.45. The van der Waals surface area contributed by atoms with Crippen molar-refractivity contribution >= 4 is 0 Å². The molecule has 1 spiro atoms. The third kappa shape index (κ3) is 3.30. The smallest absolute Gasteiger partial charge is 0.0808 e. The van der Waals surface area contributed by atoms with Crippen LogP contribution < -0.4 is 5.73 Å². The number of rotatable bonds is 4. The molecule has 1 unspecified atom stereocenters. The molecule has 0 amide bonds. The van der Waals surface area contributed by atoms with Crippen LogP contribution in [0, 0.1) is 11.8 Å². The van der Waals surface area contributed by atoms with E-state index in [2.05, 4.69) is 13.8 Å². The van der Waals surface area contributed by atoms with Gasteiger partial charge in [0, 0.05) is 19.6 Å². The second-order valence-electron chi connectivity index (χ2n) is 8.09. The molecule has 0 aromatic heterocycles.